The number of carbonyl (C=O) groups is 1. The second-order valence-electron chi connectivity index (χ2n) is 6.64. The third kappa shape index (κ3) is 6.06. The van der Waals surface area contributed by atoms with Gasteiger partial charge in [-0.3, -0.25) is 4.79 Å². The molecule has 1 N–H and O–H groups in total. The van der Waals surface area contributed by atoms with Crippen molar-refractivity contribution in [3.8, 4) is 11.8 Å². The summed E-state index contributed by atoms with van der Waals surface area (Å²) in [5, 5.41) is 12.7. The Morgan fingerprint density at radius 2 is 2.00 bits per heavy atom. The van der Waals surface area contributed by atoms with Crippen LogP contribution in [0.1, 0.15) is 16.7 Å². The number of amides is 1. The van der Waals surface area contributed by atoms with Gasteiger partial charge in [0, 0.05) is 10.7 Å². The van der Waals surface area contributed by atoms with E-state index in [0.717, 1.165) is 14.7 Å². The zero-order chi connectivity index (χ0) is 22.4. The average Bonchev–Trinajstić information content (AvgIpc) is 2.74. The number of nitriles is 1. The van der Waals surface area contributed by atoms with Gasteiger partial charge in [0.2, 0.25) is 0 Å². The van der Waals surface area contributed by atoms with Crippen LogP contribution in [-0.2, 0) is 11.4 Å². The second-order valence-corrected chi connectivity index (χ2v) is 8.21. The molecule has 7 heteroatoms. The maximum atomic E-state index is 13.3. The molecule has 0 spiro atoms. The lowest BCUT2D eigenvalue weighted by Crippen LogP contribution is -2.14. The lowest BCUT2D eigenvalue weighted by Gasteiger charge is -2.10. The molecule has 0 radical (unpaired) electrons. The van der Waals surface area contributed by atoms with Gasteiger partial charge in [0.1, 0.15) is 29.8 Å². The molecule has 0 aliphatic heterocycles. The number of carbonyl (C=O) groups excluding carboxylic acids is 1. The van der Waals surface area contributed by atoms with Gasteiger partial charge in [0.25, 0.3) is 5.91 Å². The van der Waals surface area contributed by atoms with Gasteiger partial charge >= 0.3 is 0 Å². The molecule has 0 saturated carbocycles. The topological polar surface area (TPSA) is 62.1 Å². The molecule has 1 amide bonds. The Balaban J connectivity index is 1.73. The van der Waals surface area contributed by atoms with Crippen molar-refractivity contribution in [1.29, 1.82) is 5.26 Å². The van der Waals surface area contributed by atoms with E-state index in [-0.39, 0.29) is 18.0 Å². The monoisotopic (exact) mass is 546 g/mol. The van der Waals surface area contributed by atoms with E-state index in [1.165, 1.54) is 18.2 Å². The van der Waals surface area contributed by atoms with Crippen LogP contribution in [-0.4, -0.2) is 5.91 Å². The van der Waals surface area contributed by atoms with Crippen molar-refractivity contribution in [3.05, 3.63) is 97.3 Å². The van der Waals surface area contributed by atoms with E-state index in [4.69, 9.17) is 16.3 Å². The normalized spacial score (nSPS) is 11.0. The summed E-state index contributed by atoms with van der Waals surface area (Å²) in [6, 6.07) is 18.6. The van der Waals surface area contributed by atoms with E-state index < -0.39 is 5.91 Å². The van der Waals surface area contributed by atoms with Crippen molar-refractivity contribution in [2.24, 2.45) is 0 Å². The standard InChI is InChI=1S/C24H17ClFIN2O2/c1-15-20(25)6-3-7-22(15)29-24(30)18(13-28)10-16-8-9-23(21(27)12-16)31-14-17-4-2-5-19(26)11-17/h2-12H,14H2,1H3,(H,29,30)/b18-10-. The molecule has 0 bridgehead atoms. The highest BCUT2D eigenvalue weighted by molar-refractivity contribution is 14.1. The molecule has 0 aliphatic carbocycles. The van der Waals surface area contributed by atoms with Crippen LogP contribution in [0, 0.1) is 27.6 Å². The highest BCUT2D eigenvalue weighted by Crippen LogP contribution is 2.26. The third-order valence-corrected chi connectivity index (χ3v) is 5.68. The largest absolute Gasteiger partial charge is 0.488 e. The lowest BCUT2D eigenvalue weighted by molar-refractivity contribution is -0.112. The number of hydrogen-bond donors (Lipinski definition) is 1. The maximum absolute atomic E-state index is 13.3. The van der Waals surface area contributed by atoms with Crippen molar-refractivity contribution in [2.45, 2.75) is 13.5 Å². The molecule has 3 rings (SSSR count). The first-order valence-corrected chi connectivity index (χ1v) is 10.7. The minimum Gasteiger partial charge on any atom is -0.488 e. The number of halogens is 3. The van der Waals surface area contributed by atoms with Crippen LogP contribution >= 0.6 is 34.2 Å². The van der Waals surface area contributed by atoms with Crippen LogP contribution in [0.25, 0.3) is 6.08 Å². The molecular weight excluding hydrogens is 530 g/mol. The van der Waals surface area contributed by atoms with E-state index in [0.29, 0.717) is 22.0 Å². The Morgan fingerprint density at radius 1 is 1.23 bits per heavy atom. The summed E-state index contributed by atoms with van der Waals surface area (Å²) in [6.45, 7) is 2.02. The van der Waals surface area contributed by atoms with Gasteiger partial charge in [-0.25, -0.2) is 4.39 Å². The van der Waals surface area contributed by atoms with Crippen molar-refractivity contribution < 1.29 is 13.9 Å². The first-order chi connectivity index (χ1) is 14.9. The molecule has 4 nitrogen and oxygen atoms in total. The van der Waals surface area contributed by atoms with E-state index in [1.54, 1.807) is 55.5 Å². The molecule has 0 saturated heterocycles. The smallest absolute Gasteiger partial charge is 0.266 e. The number of nitrogens with zero attached hydrogens (tertiary/aromatic N) is 1. The summed E-state index contributed by atoms with van der Waals surface area (Å²) >= 11 is 8.19. The molecule has 0 unspecified atom stereocenters. The minimum atomic E-state index is -0.519. The van der Waals surface area contributed by atoms with Crippen LogP contribution in [0.4, 0.5) is 10.1 Å². The minimum absolute atomic E-state index is 0.0383. The zero-order valence-electron chi connectivity index (χ0n) is 16.5. The molecular formula is C24H17ClFIN2O2. The Kier molecular flexibility index (Phi) is 7.66. The molecule has 0 aromatic heterocycles. The van der Waals surface area contributed by atoms with Gasteiger partial charge < -0.3 is 10.1 Å². The fourth-order valence-corrected chi connectivity index (χ4v) is 3.63. The Hall–Kier alpha value is -2.89. The van der Waals surface area contributed by atoms with Crippen LogP contribution in [0.15, 0.2) is 66.2 Å². The highest BCUT2D eigenvalue weighted by atomic mass is 127. The lowest BCUT2D eigenvalue weighted by atomic mass is 10.1. The summed E-state index contributed by atoms with van der Waals surface area (Å²) in [4.78, 5) is 12.5. The number of rotatable bonds is 6. The fourth-order valence-electron chi connectivity index (χ4n) is 2.76. The number of ether oxygens (including phenoxy) is 1. The van der Waals surface area contributed by atoms with E-state index in [9.17, 15) is 14.4 Å². The third-order valence-electron chi connectivity index (χ3n) is 4.43. The molecule has 156 valence electrons. The maximum Gasteiger partial charge on any atom is 0.266 e. The van der Waals surface area contributed by atoms with Crippen LogP contribution in [0.2, 0.25) is 5.02 Å². The predicted octanol–water partition coefficient (Wildman–Crippen LogP) is 6.52. The summed E-state index contributed by atoms with van der Waals surface area (Å²) in [6.07, 6.45) is 1.51. The van der Waals surface area contributed by atoms with E-state index in [1.807, 2.05) is 6.07 Å². The predicted molar refractivity (Wildman–Crippen MR) is 128 cm³/mol. The number of benzene rings is 3. The molecule has 0 heterocycles. The van der Waals surface area contributed by atoms with Gasteiger partial charge in [0.05, 0.1) is 3.57 Å². The Morgan fingerprint density at radius 3 is 2.71 bits per heavy atom. The summed E-state index contributed by atoms with van der Waals surface area (Å²) in [5.74, 6) is -0.208. The Bertz CT molecular complexity index is 1200. The Labute approximate surface area is 198 Å². The summed E-state index contributed by atoms with van der Waals surface area (Å²) < 4.78 is 19.9. The molecule has 0 fully saturated rings. The average molecular weight is 547 g/mol. The molecule has 3 aromatic rings. The summed E-state index contributed by atoms with van der Waals surface area (Å²) in [5.41, 5.74) is 2.64. The van der Waals surface area contributed by atoms with Crippen molar-refractivity contribution >= 4 is 51.9 Å². The second kappa shape index (κ2) is 10.4. The van der Waals surface area contributed by atoms with Gasteiger partial charge in [-0.2, -0.15) is 5.26 Å². The zero-order valence-corrected chi connectivity index (χ0v) is 19.4. The van der Waals surface area contributed by atoms with Crippen molar-refractivity contribution in [1.82, 2.24) is 0 Å². The van der Waals surface area contributed by atoms with Crippen molar-refractivity contribution in [3.63, 3.8) is 0 Å². The van der Waals surface area contributed by atoms with Gasteiger partial charge in [-0.1, -0.05) is 35.9 Å². The molecule has 31 heavy (non-hydrogen) atoms. The number of anilines is 1. The number of nitrogens with one attached hydrogen (secondary N) is 1. The van der Waals surface area contributed by atoms with Gasteiger partial charge in [-0.05, 0) is 88.7 Å². The first-order valence-electron chi connectivity index (χ1n) is 9.22. The van der Waals surface area contributed by atoms with Crippen molar-refractivity contribution in [2.75, 3.05) is 5.32 Å². The van der Waals surface area contributed by atoms with Crippen LogP contribution in [0.5, 0.6) is 5.75 Å². The number of hydrogen-bond acceptors (Lipinski definition) is 3. The van der Waals surface area contributed by atoms with E-state index in [2.05, 4.69) is 27.9 Å². The molecule has 0 atom stereocenters. The fraction of sp³-hybridized carbons (Fsp3) is 0.0833. The van der Waals surface area contributed by atoms with Gasteiger partial charge in [0.15, 0.2) is 0 Å². The first kappa shape index (κ1) is 22.8. The highest BCUT2D eigenvalue weighted by Gasteiger charge is 2.12. The SMILES string of the molecule is Cc1c(Cl)cccc1NC(=O)/C(C#N)=C\c1ccc(OCc2cccc(F)c2)c(I)c1. The van der Waals surface area contributed by atoms with E-state index >= 15 is 0 Å². The molecule has 0 aliphatic rings. The quantitative estimate of drug-likeness (QED) is 0.218. The summed E-state index contributed by atoms with van der Waals surface area (Å²) in [7, 11) is 0. The molecule has 3 aromatic carbocycles. The van der Waals surface area contributed by atoms with Crippen LogP contribution < -0.4 is 10.1 Å². The van der Waals surface area contributed by atoms with Gasteiger partial charge in [-0.15, -0.1) is 0 Å². The van der Waals surface area contributed by atoms with Crippen LogP contribution in [0.3, 0.4) is 0 Å².